The average Bonchev–Trinajstić information content (AvgIpc) is 3.49. The van der Waals surface area contributed by atoms with Gasteiger partial charge < -0.3 is 14.2 Å². The van der Waals surface area contributed by atoms with E-state index in [1.165, 1.54) is 0 Å². The van der Waals surface area contributed by atoms with Crippen molar-refractivity contribution in [2.24, 2.45) is 0 Å². The Kier molecular flexibility index (Phi) is 7.18. The molecule has 2 heterocycles. The molecule has 0 unspecified atom stereocenters. The van der Waals surface area contributed by atoms with Crippen LogP contribution < -0.4 is 0 Å². The quantitative estimate of drug-likeness (QED) is 0.300. The standard InChI is InChI=1S/C29H25N3O4/c33-29-28(35-21-24-14-8-3-9-15-24)27(34-20-23-12-6-2-7-13-23)26(36-29)16-17-32-19-25(30-31-32)18-22-10-4-1-5-11-22/h1-16,19H,17-18,20-21H2/b26-16-. The highest BCUT2D eigenvalue weighted by Gasteiger charge is 2.34. The van der Waals surface area contributed by atoms with Crippen molar-refractivity contribution in [1.82, 2.24) is 15.0 Å². The molecular weight excluding hydrogens is 454 g/mol. The van der Waals surface area contributed by atoms with Crippen LogP contribution in [0.25, 0.3) is 0 Å². The lowest BCUT2D eigenvalue weighted by atomic mass is 10.1. The van der Waals surface area contributed by atoms with Gasteiger partial charge in [-0.1, -0.05) is 96.2 Å². The van der Waals surface area contributed by atoms with Crippen LogP contribution in [0.5, 0.6) is 0 Å². The second-order valence-electron chi connectivity index (χ2n) is 8.26. The van der Waals surface area contributed by atoms with Crippen LogP contribution in [0.4, 0.5) is 0 Å². The van der Waals surface area contributed by atoms with E-state index < -0.39 is 5.97 Å². The van der Waals surface area contributed by atoms with Gasteiger partial charge in [0.15, 0.2) is 5.76 Å². The molecule has 1 aliphatic rings. The Morgan fingerprint density at radius 3 is 1.92 bits per heavy atom. The van der Waals surface area contributed by atoms with Gasteiger partial charge in [0.1, 0.15) is 13.2 Å². The fourth-order valence-corrected chi connectivity index (χ4v) is 3.74. The largest absolute Gasteiger partial charge is 0.481 e. The maximum Gasteiger partial charge on any atom is 0.383 e. The number of aromatic nitrogens is 3. The highest BCUT2D eigenvalue weighted by atomic mass is 16.6. The van der Waals surface area contributed by atoms with Crippen LogP contribution in [0.15, 0.2) is 121 Å². The zero-order valence-corrected chi connectivity index (χ0v) is 19.6. The van der Waals surface area contributed by atoms with Gasteiger partial charge in [-0.2, -0.15) is 0 Å². The first kappa shape index (κ1) is 23.1. The van der Waals surface area contributed by atoms with Crippen molar-refractivity contribution in [3.05, 3.63) is 143 Å². The monoisotopic (exact) mass is 479 g/mol. The molecule has 0 aliphatic carbocycles. The molecule has 0 N–H and O–H groups in total. The summed E-state index contributed by atoms with van der Waals surface area (Å²) >= 11 is 0. The molecule has 0 saturated carbocycles. The molecule has 7 heteroatoms. The van der Waals surface area contributed by atoms with Gasteiger partial charge in [-0.25, -0.2) is 9.48 Å². The molecule has 0 saturated heterocycles. The second-order valence-corrected chi connectivity index (χ2v) is 8.26. The number of hydrogen-bond donors (Lipinski definition) is 0. The smallest absolute Gasteiger partial charge is 0.383 e. The Morgan fingerprint density at radius 1 is 0.750 bits per heavy atom. The lowest BCUT2D eigenvalue weighted by Crippen LogP contribution is -2.04. The third-order valence-electron chi connectivity index (χ3n) is 5.55. The topological polar surface area (TPSA) is 75.5 Å². The minimum Gasteiger partial charge on any atom is -0.481 e. The molecule has 36 heavy (non-hydrogen) atoms. The summed E-state index contributed by atoms with van der Waals surface area (Å²) in [6, 6.07) is 29.4. The molecule has 0 spiro atoms. The van der Waals surface area contributed by atoms with E-state index in [0.717, 1.165) is 22.4 Å². The molecule has 0 bridgehead atoms. The minimum absolute atomic E-state index is 0.0596. The molecule has 0 fully saturated rings. The van der Waals surface area contributed by atoms with Crippen molar-refractivity contribution in [1.29, 1.82) is 0 Å². The summed E-state index contributed by atoms with van der Waals surface area (Å²) in [7, 11) is 0. The summed E-state index contributed by atoms with van der Waals surface area (Å²) in [4.78, 5) is 12.7. The molecule has 7 nitrogen and oxygen atoms in total. The molecule has 0 amide bonds. The molecule has 5 rings (SSSR count). The van der Waals surface area contributed by atoms with Crippen LogP contribution >= 0.6 is 0 Å². The van der Waals surface area contributed by atoms with Crippen molar-refractivity contribution in [2.45, 2.75) is 26.2 Å². The van der Waals surface area contributed by atoms with Gasteiger partial charge in [0.25, 0.3) is 5.76 Å². The molecule has 1 aromatic heterocycles. The van der Waals surface area contributed by atoms with Crippen molar-refractivity contribution in [3.8, 4) is 0 Å². The Labute approximate surface area is 209 Å². The number of carbonyl (C=O) groups is 1. The maximum absolute atomic E-state index is 12.7. The average molecular weight is 480 g/mol. The van der Waals surface area contributed by atoms with Crippen LogP contribution in [0.3, 0.4) is 0 Å². The third-order valence-corrected chi connectivity index (χ3v) is 5.55. The number of esters is 1. The summed E-state index contributed by atoms with van der Waals surface area (Å²) in [6.07, 6.45) is 4.31. The van der Waals surface area contributed by atoms with Crippen molar-refractivity contribution < 1.29 is 19.0 Å². The van der Waals surface area contributed by atoms with Crippen LogP contribution in [0, 0.1) is 0 Å². The van der Waals surface area contributed by atoms with E-state index in [1.54, 1.807) is 10.8 Å². The van der Waals surface area contributed by atoms with E-state index in [9.17, 15) is 4.79 Å². The van der Waals surface area contributed by atoms with E-state index in [-0.39, 0.29) is 24.7 Å². The predicted octanol–water partition coefficient (Wildman–Crippen LogP) is 4.95. The van der Waals surface area contributed by atoms with E-state index >= 15 is 0 Å². The van der Waals surface area contributed by atoms with Gasteiger partial charge in [0, 0.05) is 12.6 Å². The SMILES string of the molecule is O=C1O/C(=C\Cn2cc(Cc3ccccc3)nn2)C(OCc2ccccc2)=C1OCc1ccccc1. The lowest BCUT2D eigenvalue weighted by Gasteiger charge is -2.10. The van der Waals surface area contributed by atoms with E-state index in [2.05, 4.69) is 22.4 Å². The van der Waals surface area contributed by atoms with Crippen LogP contribution in [-0.2, 0) is 45.2 Å². The number of benzene rings is 3. The number of allylic oxidation sites excluding steroid dienone is 1. The molecular formula is C29H25N3O4. The number of rotatable bonds is 10. The third kappa shape index (κ3) is 5.88. The van der Waals surface area contributed by atoms with Gasteiger partial charge in [0.2, 0.25) is 5.76 Å². The van der Waals surface area contributed by atoms with Gasteiger partial charge in [-0.05, 0) is 22.8 Å². The second kappa shape index (κ2) is 11.2. The molecule has 3 aromatic carbocycles. The summed E-state index contributed by atoms with van der Waals surface area (Å²) in [6.45, 7) is 0.851. The van der Waals surface area contributed by atoms with Crippen LogP contribution in [-0.4, -0.2) is 21.0 Å². The fourth-order valence-electron chi connectivity index (χ4n) is 3.74. The number of cyclic esters (lactones) is 1. The molecule has 4 aromatic rings. The molecule has 1 aliphatic heterocycles. The Balaban J connectivity index is 1.33. The highest BCUT2D eigenvalue weighted by molar-refractivity contribution is 5.91. The van der Waals surface area contributed by atoms with Crippen molar-refractivity contribution >= 4 is 5.97 Å². The van der Waals surface area contributed by atoms with E-state index in [0.29, 0.717) is 18.7 Å². The number of ether oxygens (including phenoxy) is 3. The predicted molar refractivity (Wildman–Crippen MR) is 133 cm³/mol. The Morgan fingerprint density at radius 2 is 1.31 bits per heavy atom. The van der Waals surface area contributed by atoms with Crippen LogP contribution in [0.1, 0.15) is 22.4 Å². The van der Waals surface area contributed by atoms with Gasteiger partial charge in [-0.3, -0.25) is 0 Å². The summed E-state index contributed by atoms with van der Waals surface area (Å²) in [5.41, 5.74) is 3.91. The van der Waals surface area contributed by atoms with Gasteiger partial charge >= 0.3 is 5.97 Å². The Hall–Kier alpha value is -4.65. The van der Waals surface area contributed by atoms with E-state index in [1.807, 2.05) is 85.1 Å². The maximum atomic E-state index is 12.7. The molecule has 0 atom stereocenters. The first-order chi connectivity index (χ1) is 17.7. The zero-order chi connectivity index (χ0) is 24.6. The van der Waals surface area contributed by atoms with Crippen molar-refractivity contribution in [3.63, 3.8) is 0 Å². The molecule has 180 valence electrons. The first-order valence-corrected chi connectivity index (χ1v) is 11.7. The molecule has 0 radical (unpaired) electrons. The minimum atomic E-state index is -0.580. The summed E-state index contributed by atoms with van der Waals surface area (Å²) in [5, 5.41) is 8.45. The summed E-state index contributed by atoms with van der Waals surface area (Å²) < 4.78 is 19.1. The zero-order valence-electron chi connectivity index (χ0n) is 19.6. The number of hydrogen-bond acceptors (Lipinski definition) is 6. The van der Waals surface area contributed by atoms with E-state index in [4.69, 9.17) is 14.2 Å². The normalized spacial score (nSPS) is 14.2. The van der Waals surface area contributed by atoms with Crippen LogP contribution in [0.2, 0.25) is 0 Å². The number of carbonyl (C=O) groups excluding carboxylic acids is 1. The fraction of sp³-hybridized carbons (Fsp3) is 0.138. The number of nitrogens with zero attached hydrogens (tertiary/aromatic N) is 3. The Bertz CT molecular complexity index is 1360. The lowest BCUT2D eigenvalue weighted by molar-refractivity contribution is -0.136. The summed E-state index contributed by atoms with van der Waals surface area (Å²) in [5.74, 6) is 0.0662. The first-order valence-electron chi connectivity index (χ1n) is 11.7. The van der Waals surface area contributed by atoms with Crippen molar-refractivity contribution in [2.75, 3.05) is 0 Å². The van der Waals surface area contributed by atoms with Gasteiger partial charge in [0.05, 0.1) is 12.2 Å². The van der Waals surface area contributed by atoms with Gasteiger partial charge in [-0.15, -0.1) is 5.10 Å². The highest BCUT2D eigenvalue weighted by Crippen LogP contribution is 2.30.